The number of aliphatic hydroxyl groups excluding tert-OH is 2. The van der Waals surface area contributed by atoms with Gasteiger partial charge in [0.1, 0.15) is 5.82 Å². The van der Waals surface area contributed by atoms with E-state index in [1.165, 1.54) is 6.07 Å². The van der Waals surface area contributed by atoms with Gasteiger partial charge in [-0.3, -0.25) is 4.90 Å². The summed E-state index contributed by atoms with van der Waals surface area (Å²) in [4.78, 5) is 2.33. The Labute approximate surface area is 125 Å². The average molecular weight is 291 g/mol. The summed E-state index contributed by atoms with van der Waals surface area (Å²) in [5, 5.41) is 17.7. The van der Waals surface area contributed by atoms with Crippen molar-refractivity contribution in [1.82, 2.24) is 4.90 Å². The SMILES string of the molecule is OCCC#Cc1cc(CN2CCC(CCO)C2)ccc1F. The Hall–Kier alpha value is -1.41. The average Bonchev–Trinajstić information content (AvgIpc) is 2.90. The highest BCUT2D eigenvalue weighted by Crippen LogP contribution is 2.21. The normalized spacial score (nSPS) is 18.5. The van der Waals surface area contributed by atoms with Gasteiger partial charge in [-0.1, -0.05) is 17.9 Å². The first-order valence-electron chi connectivity index (χ1n) is 7.44. The number of hydrogen-bond donors (Lipinski definition) is 2. The topological polar surface area (TPSA) is 43.7 Å². The second-order valence-corrected chi connectivity index (χ2v) is 5.49. The number of nitrogens with zero attached hydrogens (tertiary/aromatic N) is 1. The molecular weight excluding hydrogens is 269 g/mol. The third kappa shape index (κ3) is 4.82. The molecule has 4 heteroatoms. The van der Waals surface area contributed by atoms with E-state index in [0.717, 1.165) is 38.0 Å². The molecule has 1 aromatic rings. The summed E-state index contributed by atoms with van der Waals surface area (Å²) in [6.45, 7) is 3.04. The highest BCUT2D eigenvalue weighted by atomic mass is 19.1. The van der Waals surface area contributed by atoms with Crippen LogP contribution in [0.1, 0.15) is 30.4 Å². The third-order valence-corrected chi connectivity index (χ3v) is 3.80. The van der Waals surface area contributed by atoms with E-state index in [-0.39, 0.29) is 19.0 Å². The standard InChI is InChI=1S/C17H22FNO2/c18-17-5-4-15(11-16(17)3-1-2-9-20)13-19-8-6-14(12-19)7-10-21/h4-5,11,14,20-21H,2,6-10,12-13H2. The Balaban J connectivity index is 1.98. The van der Waals surface area contributed by atoms with Gasteiger partial charge in [0.2, 0.25) is 0 Å². The van der Waals surface area contributed by atoms with Gasteiger partial charge < -0.3 is 10.2 Å². The quantitative estimate of drug-likeness (QED) is 0.813. The fraction of sp³-hybridized carbons (Fsp3) is 0.529. The molecule has 114 valence electrons. The van der Waals surface area contributed by atoms with Crippen molar-refractivity contribution in [3.63, 3.8) is 0 Å². The Morgan fingerprint density at radius 1 is 1.29 bits per heavy atom. The van der Waals surface area contributed by atoms with Crippen LogP contribution in [0.2, 0.25) is 0 Å². The molecule has 2 N–H and O–H groups in total. The molecule has 0 amide bonds. The van der Waals surface area contributed by atoms with Crippen molar-refractivity contribution in [2.45, 2.75) is 25.8 Å². The van der Waals surface area contributed by atoms with Gasteiger partial charge in [0.25, 0.3) is 0 Å². The van der Waals surface area contributed by atoms with Crippen LogP contribution in [0, 0.1) is 23.6 Å². The zero-order valence-electron chi connectivity index (χ0n) is 12.2. The minimum Gasteiger partial charge on any atom is -0.396 e. The summed E-state index contributed by atoms with van der Waals surface area (Å²) < 4.78 is 13.7. The number of likely N-dealkylation sites (tertiary alicyclic amines) is 1. The number of rotatable bonds is 5. The molecule has 1 aliphatic rings. The van der Waals surface area contributed by atoms with Crippen molar-refractivity contribution >= 4 is 0 Å². The molecular formula is C17H22FNO2. The lowest BCUT2D eigenvalue weighted by Gasteiger charge is -2.16. The van der Waals surface area contributed by atoms with E-state index in [1.807, 2.05) is 0 Å². The molecule has 1 heterocycles. The molecule has 2 rings (SSSR count). The Morgan fingerprint density at radius 2 is 2.14 bits per heavy atom. The zero-order chi connectivity index (χ0) is 15.1. The first-order valence-corrected chi connectivity index (χ1v) is 7.44. The van der Waals surface area contributed by atoms with Gasteiger partial charge in [-0.15, -0.1) is 0 Å². The molecule has 0 aliphatic carbocycles. The number of halogens is 1. The van der Waals surface area contributed by atoms with Crippen molar-refractivity contribution in [2.75, 3.05) is 26.3 Å². The molecule has 1 saturated heterocycles. The van der Waals surface area contributed by atoms with Crippen molar-refractivity contribution in [2.24, 2.45) is 5.92 Å². The summed E-state index contributed by atoms with van der Waals surface area (Å²) >= 11 is 0. The van der Waals surface area contributed by atoms with Gasteiger partial charge in [0.05, 0.1) is 12.2 Å². The van der Waals surface area contributed by atoms with E-state index in [2.05, 4.69) is 16.7 Å². The van der Waals surface area contributed by atoms with Crippen LogP contribution >= 0.6 is 0 Å². The summed E-state index contributed by atoms with van der Waals surface area (Å²) in [6, 6.07) is 5.05. The Morgan fingerprint density at radius 3 is 2.90 bits per heavy atom. The van der Waals surface area contributed by atoms with Gasteiger partial charge in [0, 0.05) is 26.1 Å². The van der Waals surface area contributed by atoms with E-state index in [0.29, 0.717) is 17.9 Å². The maximum absolute atomic E-state index is 13.7. The summed E-state index contributed by atoms with van der Waals surface area (Å²) in [5.41, 5.74) is 1.45. The molecule has 1 unspecified atom stereocenters. The van der Waals surface area contributed by atoms with E-state index in [9.17, 15) is 4.39 Å². The molecule has 1 atom stereocenters. The molecule has 1 aliphatic heterocycles. The second kappa shape index (κ2) is 8.14. The highest BCUT2D eigenvalue weighted by Gasteiger charge is 2.21. The van der Waals surface area contributed by atoms with E-state index in [1.54, 1.807) is 12.1 Å². The second-order valence-electron chi connectivity index (χ2n) is 5.49. The minimum absolute atomic E-state index is 0.00562. The van der Waals surface area contributed by atoms with Crippen LogP contribution in [0.25, 0.3) is 0 Å². The van der Waals surface area contributed by atoms with Crippen molar-refractivity contribution in [1.29, 1.82) is 0 Å². The fourth-order valence-electron chi connectivity index (χ4n) is 2.71. The lowest BCUT2D eigenvalue weighted by Crippen LogP contribution is -2.20. The molecule has 1 aromatic carbocycles. The maximum atomic E-state index is 13.7. The molecule has 0 bridgehead atoms. The van der Waals surface area contributed by atoms with Crippen LogP contribution in [-0.2, 0) is 6.54 Å². The smallest absolute Gasteiger partial charge is 0.138 e. The van der Waals surface area contributed by atoms with Crippen molar-refractivity contribution < 1.29 is 14.6 Å². The third-order valence-electron chi connectivity index (χ3n) is 3.80. The minimum atomic E-state index is -0.316. The first kappa shape index (κ1) is 16.0. The Bertz CT molecular complexity index is 521. The molecule has 1 fully saturated rings. The van der Waals surface area contributed by atoms with E-state index >= 15 is 0 Å². The van der Waals surface area contributed by atoms with Crippen molar-refractivity contribution in [3.8, 4) is 11.8 Å². The molecule has 21 heavy (non-hydrogen) atoms. The molecule has 0 spiro atoms. The highest BCUT2D eigenvalue weighted by molar-refractivity contribution is 5.38. The summed E-state index contributed by atoms with van der Waals surface area (Å²) in [7, 11) is 0. The van der Waals surface area contributed by atoms with Gasteiger partial charge in [-0.25, -0.2) is 4.39 Å². The molecule has 3 nitrogen and oxygen atoms in total. The summed E-state index contributed by atoms with van der Waals surface area (Å²) in [5.74, 6) is 5.78. The predicted octanol–water partition coefficient (Wildman–Crippen LogP) is 1.76. The number of hydrogen-bond acceptors (Lipinski definition) is 3. The number of aliphatic hydroxyl groups is 2. The molecule has 0 radical (unpaired) electrons. The van der Waals surface area contributed by atoms with E-state index in [4.69, 9.17) is 10.2 Å². The molecule has 0 aromatic heterocycles. The van der Waals surface area contributed by atoms with Gasteiger partial charge >= 0.3 is 0 Å². The Kier molecular flexibility index (Phi) is 6.19. The largest absolute Gasteiger partial charge is 0.396 e. The fourth-order valence-corrected chi connectivity index (χ4v) is 2.71. The zero-order valence-corrected chi connectivity index (χ0v) is 12.2. The van der Waals surface area contributed by atoms with Crippen molar-refractivity contribution in [3.05, 3.63) is 35.1 Å². The first-order chi connectivity index (χ1) is 10.2. The van der Waals surface area contributed by atoms with Crippen LogP contribution in [0.4, 0.5) is 4.39 Å². The van der Waals surface area contributed by atoms with Crippen LogP contribution in [-0.4, -0.2) is 41.4 Å². The van der Waals surface area contributed by atoms with Crippen LogP contribution < -0.4 is 0 Å². The maximum Gasteiger partial charge on any atom is 0.138 e. The lowest BCUT2D eigenvalue weighted by atomic mass is 10.1. The lowest BCUT2D eigenvalue weighted by molar-refractivity contribution is 0.249. The van der Waals surface area contributed by atoms with Gasteiger partial charge in [0.15, 0.2) is 0 Å². The predicted molar refractivity (Wildman–Crippen MR) is 80.1 cm³/mol. The van der Waals surface area contributed by atoms with E-state index < -0.39 is 0 Å². The number of benzene rings is 1. The van der Waals surface area contributed by atoms with Crippen LogP contribution in [0.5, 0.6) is 0 Å². The van der Waals surface area contributed by atoms with Gasteiger partial charge in [-0.2, -0.15) is 0 Å². The van der Waals surface area contributed by atoms with Gasteiger partial charge in [-0.05, 0) is 43.0 Å². The summed E-state index contributed by atoms with van der Waals surface area (Å²) in [6.07, 6.45) is 2.33. The van der Waals surface area contributed by atoms with Crippen LogP contribution in [0.15, 0.2) is 18.2 Å². The molecule has 0 saturated carbocycles. The monoisotopic (exact) mass is 291 g/mol. The van der Waals surface area contributed by atoms with Crippen LogP contribution in [0.3, 0.4) is 0 Å².